The molecule has 19 heavy (non-hydrogen) atoms. The Morgan fingerprint density at radius 2 is 1.37 bits per heavy atom. The summed E-state index contributed by atoms with van der Waals surface area (Å²) in [7, 11) is 3.10. The van der Waals surface area contributed by atoms with Crippen molar-refractivity contribution >= 4 is 17.1 Å². The lowest BCUT2D eigenvalue weighted by atomic mass is 9.86. The lowest BCUT2D eigenvalue weighted by Crippen LogP contribution is -2.17. The van der Waals surface area contributed by atoms with Crippen LogP contribution in [-0.2, 0) is 5.41 Å². The summed E-state index contributed by atoms with van der Waals surface area (Å²) in [4.78, 5) is 22.5. The maximum absolute atomic E-state index is 11.1. The molecule has 104 valence electrons. The molecule has 0 heterocycles. The van der Waals surface area contributed by atoms with Crippen molar-refractivity contribution in [2.24, 2.45) is 0 Å². The minimum absolute atomic E-state index is 0.0167. The van der Waals surface area contributed by atoms with E-state index in [1.165, 1.54) is 17.0 Å². The van der Waals surface area contributed by atoms with Crippen molar-refractivity contribution in [2.75, 3.05) is 19.0 Å². The summed E-state index contributed by atoms with van der Waals surface area (Å²) in [6, 6.07) is 2.81. The highest BCUT2D eigenvalue weighted by Crippen LogP contribution is 2.40. The number of hydrogen-bond donors (Lipinski definition) is 0. The second-order valence-corrected chi connectivity index (χ2v) is 5.52. The average Bonchev–Trinajstić information content (AvgIpc) is 2.25. The number of anilines is 1. The maximum Gasteiger partial charge on any atom is 0.299 e. The molecule has 0 aliphatic rings. The molecule has 1 aromatic rings. The summed E-state index contributed by atoms with van der Waals surface area (Å²) in [6.45, 7) is 5.56. The van der Waals surface area contributed by atoms with Crippen molar-refractivity contribution in [1.82, 2.24) is 0 Å². The van der Waals surface area contributed by atoms with Crippen LogP contribution in [0.25, 0.3) is 0 Å². The number of nitro benzene ring substituents is 2. The van der Waals surface area contributed by atoms with Gasteiger partial charge in [-0.15, -0.1) is 0 Å². The molecular formula is C12H17N3O4. The molecule has 0 radical (unpaired) electrons. The molecule has 0 bridgehead atoms. The molecule has 7 heteroatoms. The zero-order valence-corrected chi connectivity index (χ0v) is 11.6. The highest BCUT2D eigenvalue weighted by Gasteiger charge is 2.30. The largest absolute Gasteiger partial charge is 0.366 e. The Morgan fingerprint density at radius 1 is 1.00 bits per heavy atom. The van der Waals surface area contributed by atoms with Crippen LogP contribution in [0.2, 0.25) is 0 Å². The van der Waals surface area contributed by atoms with E-state index in [1.54, 1.807) is 14.1 Å². The van der Waals surface area contributed by atoms with Crippen LogP contribution >= 0.6 is 0 Å². The minimum atomic E-state index is -0.586. The highest BCUT2D eigenvalue weighted by molar-refractivity contribution is 5.76. The fraction of sp³-hybridized carbons (Fsp3) is 0.500. The van der Waals surface area contributed by atoms with E-state index in [-0.39, 0.29) is 17.1 Å². The van der Waals surface area contributed by atoms with Gasteiger partial charge in [-0.1, -0.05) is 20.8 Å². The SMILES string of the molecule is CN(C)c1c([N+](=O)[O-])cc(C(C)(C)C)cc1[N+](=O)[O-]. The predicted molar refractivity (Wildman–Crippen MR) is 72.8 cm³/mol. The molecule has 0 spiro atoms. The summed E-state index contributed by atoms with van der Waals surface area (Å²) in [5.74, 6) is 0. The number of rotatable bonds is 3. The van der Waals surface area contributed by atoms with E-state index in [4.69, 9.17) is 0 Å². The Kier molecular flexibility index (Phi) is 3.78. The summed E-state index contributed by atoms with van der Waals surface area (Å²) in [5.41, 5.74) is -0.312. The molecular weight excluding hydrogens is 250 g/mol. The lowest BCUT2D eigenvalue weighted by molar-refractivity contribution is -0.392. The van der Waals surface area contributed by atoms with Crippen molar-refractivity contribution in [1.29, 1.82) is 0 Å². The van der Waals surface area contributed by atoms with Crippen molar-refractivity contribution in [2.45, 2.75) is 26.2 Å². The smallest absolute Gasteiger partial charge is 0.299 e. The summed E-state index contributed by atoms with van der Waals surface area (Å²) in [6.07, 6.45) is 0. The normalized spacial score (nSPS) is 11.2. The van der Waals surface area contributed by atoms with Gasteiger partial charge in [0.05, 0.1) is 9.85 Å². The second kappa shape index (κ2) is 4.83. The molecule has 0 saturated heterocycles. The van der Waals surface area contributed by atoms with Gasteiger partial charge in [-0.2, -0.15) is 0 Å². The molecule has 0 unspecified atom stereocenters. The number of nitro groups is 2. The molecule has 0 fully saturated rings. The van der Waals surface area contributed by atoms with Crippen LogP contribution in [0.1, 0.15) is 26.3 Å². The van der Waals surface area contributed by atoms with Crippen LogP contribution in [0, 0.1) is 20.2 Å². The summed E-state index contributed by atoms with van der Waals surface area (Å²) in [5, 5.41) is 22.3. The van der Waals surface area contributed by atoms with Gasteiger partial charge in [0.1, 0.15) is 0 Å². The van der Waals surface area contributed by atoms with E-state index in [1.807, 2.05) is 20.8 Å². The fourth-order valence-corrected chi connectivity index (χ4v) is 1.77. The molecule has 1 rings (SSSR count). The zero-order chi connectivity index (χ0) is 15.0. The van der Waals surface area contributed by atoms with E-state index in [0.29, 0.717) is 5.56 Å². The third kappa shape index (κ3) is 2.98. The van der Waals surface area contributed by atoms with Gasteiger partial charge in [0.2, 0.25) is 0 Å². The molecule has 0 aliphatic heterocycles. The van der Waals surface area contributed by atoms with Gasteiger partial charge in [-0.3, -0.25) is 20.2 Å². The van der Waals surface area contributed by atoms with Gasteiger partial charge in [0.25, 0.3) is 11.4 Å². The number of benzene rings is 1. The van der Waals surface area contributed by atoms with Gasteiger partial charge in [-0.25, -0.2) is 0 Å². The standard InChI is InChI=1S/C12H17N3O4/c1-12(2,3)8-6-9(14(16)17)11(13(4)5)10(7-8)15(18)19/h6-7H,1-5H3. The van der Waals surface area contributed by atoms with E-state index < -0.39 is 15.3 Å². The zero-order valence-electron chi connectivity index (χ0n) is 11.6. The first-order chi connectivity index (χ1) is 8.55. The van der Waals surface area contributed by atoms with E-state index in [0.717, 1.165) is 0 Å². The molecule has 0 N–H and O–H groups in total. The quantitative estimate of drug-likeness (QED) is 0.620. The van der Waals surface area contributed by atoms with Crippen LogP contribution in [-0.4, -0.2) is 23.9 Å². The van der Waals surface area contributed by atoms with Gasteiger partial charge in [0, 0.05) is 26.2 Å². The van der Waals surface area contributed by atoms with Crippen molar-refractivity contribution < 1.29 is 9.85 Å². The molecule has 0 saturated carbocycles. The van der Waals surface area contributed by atoms with Crippen LogP contribution in [0.5, 0.6) is 0 Å². The van der Waals surface area contributed by atoms with E-state index in [2.05, 4.69) is 0 Å². The first kappa shape index (κ1) is 14.9. The third-order valence-electron chi connectivity index (χ3n) is 2.78. The van der Waals surface area contributed by atoms with E-state index in [9.17, 15) is 20.2 Å². The molecule has 7 nitrogen and oxygen atoms in total. The monoisotopic (exact) mass is 267 g/mol. The maximum atomic E-state index is 11.1. The van der Waals surface area contributed by atoms with Crippen LogP contribution in [0.15, 0.2) is 12.1 Å². The Bertz CT molecular complexity index is 497. The van der Waals surface area contributed by atoms with Gasteiger partial charge in [-0.05, 0) is 11.0 Å². The second-order valence-electron chi connectivity index (χ2n) is 5.52. The molecule has 0 aliphatic carbocycles. The molecule has 0 aromatic heterocycles. The van der Waals surface area contributed by atoms with Crippen molar-refractivity contribution in [3.8, 4) is 0 Å². The number of hydrogen-bond acceptors (Lipinski definition) is 5. The average molecular weight is 267 g/mol. The van der Waals surface area contributed by atoms with Crippen LogP contribution in [0.3, 0.4) is 0 Å². The highest BCUT2D eigenvalue weighted by atomic mass is 16.6. The van der Waals surface area contributed by atoms with Gasteiger partial charge >= 0.3 is 0 Å². The fourth-order valence-electron chi connectivity index (χ4n) is 1.77. The lowest BCUT2D eigenvalue weighted by Gasteiger charge is -2.21. The van der Waals surface area contributed by atoms with Gasteiger partial charge in [0.15, 0.2) is 5.69 Å². The minimum Gasteiger partial charge on any atom is -0.366 e. The molecule has 1 aromatic carbocycles. The summed E-state index contributed by atoms with van der Waals surface area (Å²) >= 11 is 0. The summed E-state index contributed by atoms with van der Waals surface area (Å²) < 4.78 is 0. The predicted octanol–water partition coefficient (Wildman–Crippen LogP) is 2.87. The Hall–Kier alpha value is -2.18. The number of nitrogens with zero attached hydrogens (tertiary/aromatic N) is 3. The van der Waals surface area contributed by atoms with Crippen LogP contribution in [0.4, 0.5) is 17.1 Å². The molecule has 0 atom stereocenters. The van der Waals surface area contributed by atoms with Crippen molar-refractivity contribution in [3.05, 3.63) is 37.9 Å². The third-order valence-corrected chi connectivity index (χ3v) is 2.78. The first-order valence-electron chi connectivity index (χ1n) is 5.70. The van der Waals surface area contributed by atoms with E-state index >= 15 is 0 Å². The first-order valence-corrected chi connectivity index (χ1v) is 5.70. The Labute approximate surface area is 111 Å². The van der Waals surface area contributed by atoms with Crippen LogP contribution < -0.4 is 4.90 Å². The molecule has 0 amide bonds. The Balaban J connectivity index is 3.73. The topological polar surface area (TPSA) is 89.5 Å². The van der Waals surface area contributed by atoms with Crippen molar-refractivity contribution in [3.63, 3.8) is 0 Å². The van der Waals surface area contributed by atoms with Gasteiger partial charge < -0.3 is 4.90 Å². The Morgan fingerprint density at radius 3 is 1.58 bits per heavy atom.